The van der Waals surface area contributed by atoms with E-state index in [1.807, 2.05) is 13.8 Å². The summed E-state index contributed by atoms with van der Waals surface area (Å²) in [6.07, 6.45) is -2.09. The second-order valence-electron chi connectivity index (χ2n) is 5.38. The molecule has 1 amide bonds. The van der Waals surface area contributed by atoms with Gasteiger partial charge in [-0.3, -0.25) is 4.79 Å². The minimum Gasteiger partial charge on any atom is -0.351 e. The summed E-state index contributed by atoms with van der Waals surface area (Å²) in [4.78, 5) is 11.7. The minimum atomic E-state index is -4.73. The molecule has 0 aromatic heterocycles. The Morgan fingerprint density at radius 3 is 2.33 bits per heavy atom. The van der Waals surface area contributed by atoms with Crippen molar-refractivity contribution in [3.05, 3.63) is 0 Å². The first-order valence-electron chi connectivity index (χ1n) is 6.27. The molecule has 1 rings (SSSR count). The fourth-order valence-corrected chi connectivity index (χ4v) is 2.47. The fraction of sp³-hybridized carbons (Fsp3) is 0.917. The maximum absolute atomic E-state index is 12.6. The highest BCUT2D eigenvalue weighted by Gasteiger charge is 2.54. The molecule has 0 aromatic carbocycles. The van der Waals surface area contributed by atoms with Gasteiger partial charge in [0.1, 0.15) is 0 Å². The number of hydrogen-bond donors (Lipinski definition) is 2. The van der Waals surface area contributed by atoms with Gasteiger partial charge >= 0.3 is 6.18 Å². The first-order valence-corrected chi connectivity index (χ1v) is 6.27. The lowest BCUT2D eigenvalue weighted by molar-refractivity contribution is -0.187. The highest BCUT2D eigenvalue weighted by molar-refractivity contribution is 5.86. The lowest BCUT2D eigenvalue weighted by Gasteiger charge is -2.29. The molecular weight excluding hydrogens is 245 g/mol. The highest BCUT2D eigenvalue weighted by Crippen LogP contribution is 2.35. The molecule has 106 valence electrons. The van der Waals surface area contributed by atoms with Crippen molar-refractivity contribution in [2.24, 2.45) is 17.6 Å². The largest absolute Gasteiger partial charge is 0.415 e. The average molecular weight is 266 g/mol. The predicted octanol–water partition coefficient (Wildman–Crippen LogP) is 2.21. The number of carbonyl (C=O) groups excluding carboxylic acids is 1. The van der Waals surface area contributed by atoms with Crippen molar-refractivity contribution in [2.75, 3.05) is 0 Å². The van der Waals surface area contributed by atoms with Crippen LogP contribution in [-0.2, 0) is 4.79 Å². The zero-order valence-electron chi connectivity index (χ0n) is 11.0. The summed E-state index contributed by atoms with van der Waals surface area (Å²) in [6.45, 7) is 4.72. The van der Waals surface area contributed by atoms with Gasteiger partial charge in [0, 0.05) is 6.04 Å². The van der Waals surface area contributed by atoms with Gasteiger partial charge in [0.25, 0.3) is 0 Å². The smallest absolute Gasteiger partial charge is 0.351 e. The Bertz CT molecular complexity index is 315. The molecule has 3 nitrogen and oxygen atoms in total. The van der Waals surface area contributed by atoms with Gasteiger partial charge in [-0.2, -0.15) is 13.2 Å². The molecule has 1 saturated carbocycles. The van der Waals surface area contributed by atoms with Crippen LogP contribution in [0.1, 0.15) is 40.0 Å². The Balaban J connectivity index is 2.67. The Morgan fingerprint density at radius 2 is 1.94 bits per heavy atom. The molecule has 0 heterocycles. The average Bonchev–Trinajstić information content (AvgIpc) is 2.58. The van der Waals surface area contributed by atoms with Crippen LogP contribution in [0, 0.1) is 11.8 Å². The van der Waals surface area contributed by atoms with Crippen molar-refractivity contribution in [1.29, 1.82) is 0 Å². The number of amides is 1. The van der Waals surface area contributed by atoms with E-state index in [2.05, 4.69) is 5.32 Å². The third-order valence-corrected chi connectivity index (χ3v) is 4.13. The van der Waals surface area contributed by atoms with Crippen LogP contribution < -0.4 is 11.1 Å². The topological polar surface area (TPSA) is 55.1 Å². The van der Waals surface area contributed by atoms with Gasteiger partial charge in [0.2, 0.25) is 5.91 Å². The number of rotatable bonds is 3. The molecule has 0 spiro atoms. The van der Waals surface area contributed by atoms with Crippen LogP contribution >= 0.6 is 0 Å². The highest BCUT2D eigenvalue weighted by atomic mass is 19.4. The van der Waals surface area contributed by atoms with E-state index in [4.69, 9.17) is 5.73 Å². The lowest BCUT2D eigenvalue weighted by Crippen LogP contribution is -2.63. The Hall–Kier alpha value is -0.780. The molecule has 18 heavy (non-hydrogen) atoms. The van der Waals surface area contributed by atoms with Gasteiger partial charge in [0.05, 0.1) is 0 Å². The van der Waals surface area contributed by atoms with E-state index in [1.165, 1.54) is 0 Å². The van der Waals surface area contributed by atoms with Crippen molar-refractivity contribution in [3.63, 3.8) is 0 Å². The molecule has 1 aliphatic rings. The third kappa shape index (κ3) is 2.79. The second-order valence-corrected chi connectivity index (χ2v) is 5.38. The fourth-order valence-electron chi connectivity index (χ4n) is 2.47. The number of halogens is 3. The maximum atomic E-state index is 12.6. The first kappa shape index (κ1) is 15.3. The van der Waals surface area contributed by atoms with Crippen molar-refractivity contribution in [2.45, 2.75) is 57.8 Å². The van der Waals surface area contributed by atoms with Gasteiger partial charge in [0.15, 0.2) is 5.54 Å². The van der Waals surface area contributed by atoms with Crippen molar-refractivity contribution in [1.82, 2.24) is 5.32 Å². The Morgan fingerprint density at radius 1 is 1.39 bits per heavy atom. The zero-order valence-corrected chi connectivity index (χ0v) is 11.0. The predicted molar refractivity (Wildman–Crippen MR) is 62.8 cm³/mol. The second kappa shape index (κ2) is 5.07. The molecule has 3 N–H and O–H groups in total. The quantitative estimate of drug-likeness (QED) is 0.823. The summed E-state index contributed by atoms with van der Waals surface area (Å²) in [5, 5.41) is 2.46. The minimum absolute atomic E-state index is 0.197. The van der Waals surface area contributed by atoms with Crippen LogP contribution in [0.4, 0.5) is 13.2 Å². The van der Waals surface area contributed by atoms with Crippen molar-refractivity contribution >= 4 is 5.91 Å². The summed E-state index contributed by atoms with van der Waals surface area (Å²) >= 11 is 0. The van der Waals surface area contributed by atoms with Gasteiger partial charge in [-0.25, -0.2) is 0 Å². The third-order valence-electron chi connectivity index (χ3n) is 4.13. The molecule has 4 unspecified atom stereocenters. The van der Waals surface area contributed by atoms with E-state index < -0.39 is 17.6 Å². The molecule has 0 saturated heterocycles. The monoisotopic (exact) mass is 266 g/mol. The summed E-state index contributed by atoms with van der Waals surface area (Å²) in [5.41, 5.74) is 2.27. The maximum Gasteiger partial charge on any atom is 0.415 e. The van der Waals surface area contributed by atoms with E-state index in [0.717, 1.165) is 19.3 Å². The molecule has 6 heteroatoms. The Kier molecular flexibility index (Phi) is 4.30. The first-order chi connectivity index (χ1) is 8.11. The summed E-state index contributed by atoms with van der Waals surface area (Å²) < 4.78 is 37.8. The van der Waals surface area contributed by atoms with E-state index in [-0.39, 0.29) is 12.0 Å². The standard InChI is InChI=1S/C12H21F3N2O/c1-4-8-5-6-9(7(8)2)17-10(18)11(3,16)12(13,14)15/h7-9H,4-6,16H2,1-3H3,(H,17,18). The molecule has 0 aliphatic heterocycles. The van der Waals surface area contributed by atoms with Crippen LogP contribution in [0.25, 0.3) is 0 Å². The zero-order chi connectivity index (χ0) is 14.1. The molecule has 1 aliphatic carbocycles. The van der Waals surface area contributed by atoms with Crippen LogP contribution in [0.15, 0.2) is 0 Å². The Labute approximate surface area is 105 Å². The molecule has 0 aromatic rings. The number of hydrogen-bond acceptors (Lipinski definition) is 2. The van der Waals surface area contributed by atoms with Crippen LogP contribution in [0.2, 0.25) is 0 Å². The van der Waals surface area contributed by atoms with Gasteiger partial charge in [-0.05, 0) is 31.6 Å². The van der Waals surface area contributed by atoms with Gasteiger partial charge in [-0.15, -0.1) is 0 Å². The van der Waals surface area contributed by atoms with Gasteiger partial charge < -0.3 is 11.1 Å². The summed E-state index contributed by atoms with van der Waals surface area (Å²) in [6, 6.07) is -0.201. The van der Waals surface area contributed by atoms with Crippen LogP contribution in [0.5, 0.6) is 0 Å². The van der Waals surface area contributed by atoms with E-state index in [1.54, 1.807) is 0 Å². The molecule has 1 fully saturated rings. The van der Waals surface area contributed by atoms with E-state index in [9.17, 15) is 18.0 Å². The van der Waals surface area contributed by atoms with Gasteiger partial charge in [-0.1, -0.05) is 20.3 Å². The molecule has 0 radical (unpaired) electrons. The molecule has 4 atom stereocenters. The van der Waals surface area contributed by atoms with E-state index in [0.29, 0.717) is 12.8 Å². The number of nitrogens with two attached hydrogens (primary N) is 1. The van der Waals surface area contributed by atoms with E-state index >= 15 is 0 Å². The normalized spacial score (nSPS) is 32.1. The molecular formula is C12H21F3N2O. The summed E-state index contributed by atoms with van der Waals surface area (Å²) in [5.74, 6) is -0.475. The lowest BCUT2D eigenvalue weighted by atomic mass is 9.93. The SMILES string of the molecule is CCC1CCC(NC(=O)C(C)(N)C(F)(F)F)C1C. The van der Waals surface area contributed by atoms with Crippen molar-refractivity contribution in [3.8, 4) is 0 Å². The molecule has 0 bridgehead atoms. The number of alkyl halides is 3. The van der Waals surface area contributed by atoms with Crippen LogP contribution in [0.3, 0.4) is 0 Å². The number of carbonyl (C=O) groups is 1. The van der Waals surface area contributed by atoms with Crippen LogP contribution in [-0.4, -0.2) is 23.7 Å². The number of nitrogens with one attached hydrogen (secondary N) is 1. The summed E-state index contributed by atoms with van der Waals surface area (Å²) in [7, 11) is 0. The van der Waals surface area contributed by atoms with Crippen molar-refractivity contribution < 1.29 is 18.0 Å².